The van der Waals surface area contributed by atoms with E-state index in [9.17, 15) is 0 Å². The van der Waals surface area contributed by atoms with Crippen LogP contribution in [0.2, 0.25) is 0 Å². The van der Waals surface area contributed by atoms with Crippen molar-refractivity contribution < 1.29 is 4.74 Å². The van der Waals surface area contributed by atoms with Crippen molar-refractivity contribution in [3.8, 4) is 5.75 Å². The molecule has 0 spiro atoms. The van der Waals surface area contributed by atoms with Crippen LogP contribution in [0.3, 0.4) is 0 Å². The number of aliphatic imine (C=N–C) groups is 1. The largest absolute Gasteiger partial charge is 0.497 e. The zero-order chi connectivity index (χ0) is 14.9. The predicted molar refractivity (Wildman–Crippen MR) is 104 cm³/mol. The van der Waals surface area contributed by atoms with Crippen LogP contribution in [0.25, 0.3) is 0 Å². The van der Waals surface area contributed by atoms with E-state index in [1.54, 1.807) is 18.4 Å². The molecular weight excluding hydrogens is 409 g/mol. The normalized spacial score (nSPS) is 10.7. The van der Waals surface area contributed by atoms with Crippen LogP contribution in [0.5, 0.6) is 5.75 Å². The molecule has 0 aliphatic carbocycles. The SMILES string of the molecule is CCNC(=NCc1ccc(OC)cc1)NCc1cccs1.I. The van der Waals surface area contributed by atoms with E-state index in [0.717, 1.165) is 30.4 Å². The highest BCUT2D eigenvalue weighted by Gasteiger charge is 1.99. The second-order valence-electron chi connectivity index (χ2n) is 4.48. The third kappa shape index (κ3) is 6.23. The standard InChI is InChI=1S/C16H21N3OS.HI/c1-3-17-16(19-12-15-5-4-10-21-15)18-11-13-6-8-14(20-2)9-7-13;/h4-10H,3,11-12H2,1-2H3,(H2,17,18,19);1H. The Morgan fingerprint density at radius 2 is 1.95 bits per heavy atom. The molecule has 0 bridgehead atoms. The van der Waals surface area contributed by atoms with Crippen LogP contribution in [-0.2, 0) is 13.1 Å². The fourth-order valence-electron chi connectivity index (χ4n) is 1.83. The van der Waals surface area contributed by atoms with E-state index in [-0.39, 0.29) is 24.0 Å². The number of hydrogen-bond acceptors (Lipinski definition) is 3. The Bertz CT molecular complexity index is 555. The van der Waals surface area contributed by atoms with Gasteiger partial charge in [-0.15, -0.1) is 35.3 Å². The first kappa shape index (κ1) is 18.8. The highest BCUT2D eigenvalue weighted by molar-refractivity contribution is 14.0. The summed E-state index contributed by atoms with van der Waals surface area (Å²) in [5.74, 6) is 1.70. The fourth-order valence-corrected chi connectivity index (χ4v) is 2.47. The van der Waals surface area contributed by atoms with Gasteiger partial charge in [-0.3, -0.25) is 0 Å². The number of rotatable bonds is 6. The van der Waals surface area contributed by atoms with Crippen LogP contribution >= 0.6 is 35.3 Å². The van der Waals surface area contributed by atoms with Crippen LogP contribution in [0, 0.1) is 0 Å². The molecule has 0 saturated carbocycles. The molecule has 2 N–H and O–H groups in total. The monoisotopic (exact) mass is 431 g/mol. The third-order valence-electron chi connectivity index (χ3n) is 2.93. The molecular formula is C16H22IN3OS. The second kappa shape index (κ2) is 10.4. The maximum absolute atomic E-state index is 5.15. The number of ether oxygens (including phenoxy) is 1. The second-order valence-corrected chi connectivity index (χ2v) is 5.51. The van der Waals surface area contributed by atoms with E-state index in [2.05, 4.69) is 40.1 Å². The van der Waals surface area contributed by atoms with Crippen molar-refractivity contribution >= 4 is 41.3 Å². The molecule has 120 valence electrons. The molecule has 2 aromatic rings. The molecule has 0 radical (unpaired) electrons. The van der Waals surface area contributed by atoms with Gasteiger partial charge in [-0.05, 0) is 36.1 Å². The van der Waals surface area contributed by atoms with Crippen molar-refractivity contribution in [2.75, 3.05) is 13.7 Å². The molecule has 1 heterocycles. The van der Waals surface area contributed by atoms with Crippen molar-refractivity contribution in [2.24, 2.45) is 4.99 Å². The first-order chi connectivity index (χ1) is 10.3. The molecule has 0 amide bonds. The lowest BCUT2D eigenvalue weighted by molar-refractivity contribution is 0.414. The number of halogens is 1. The smallest absolute Gasteiger partial charge is 0.191 e. The fraction of sp³-hybridized carbons (Fsp3) is 0.312. The number of benzene rings is 1. The summed E-state index contributed by atoms with van der Waals surface area (Å²) in [6, 6.07) is 12.2. The number of hydrogen-bond donors (Lipinski definition) is 2. The molecule has 1 aromatic carbocycles. The molecule has 0 saturated heterocycles. The Labute approximate surface area is 153 Å². The zero-order valence-electron chi connectivity index (χ0n) is 12.8. The lowest BCUT2D eigenvalue weighted by atomic mass is 10.2. The van der Waals surface area contributed by atoms with Gasteiger partial charge < -0.3 is 15.4 Å². The highest BCUT2D eigenvalue weighted by atomic mass is 127. The van der Waals surface area contributed by atoms with Crippen LogP contribution < -0.4 is 15.4 Å². The molecule has 6 heteroatoms. The average Bonchev–Trinajstić information content (AvgIpc) is 3.04. The molecule has 22 heavy (non-hydrogen) atoms. The van der Waals surface area contributed by atoms with Gasteiger partial charge in [0.1, 0.15) is 5.75 Å². The molecule has 0 aliphatic rings. The Hall–Kier alpha value is -1.28. The summed E-state index contributed by atoms with van der Waals surface area (Å²) >= 11 is 1.74. The summed E-state index contributed by atoms with van der Waals surface area (Å²) in [5.41, 5.74) is 1.16. The molecule has 0 fully saturated rings. The van der Waals surface area contributed by atoms with E-state index < -0.39 is 0 Å². The van der Waals surface area contributed by atoms with Gasteiger partial charge in [-0.2, -0.15) is 0 Å². The molecule has 4 nitrogen and oxygen atoms in total. The first-order valence-corrected chi connectivity index (χ1v) is 7.87. The lowest BCUT2D eigenvalue weighted by Crippen LogP contribution is -2.36. The Morgan fingerprint density at radius 1 is 1.18 bits per heavy atom. The number of nitrogens with zero attached hydrogens (tertiary/aromatic N) is 1. The summed E-state index contributed by atoms with van der Waals surface area (Å²) in [6.45, 7) is 4.35. The van der Waals surface area contributed by atoms with Crippen LogP contribution in [0.15, 0.2) is 46.8 Å². The zero-order valence-corrected chi connectivity index (χ0v) is 16.0. The molecule has 0 aliphatic heterocycles. The topological polar surface area (TPSA) is 45.7 Å². The first-order valence-electron chi connectivity index (χ1n) is 6.99. The van der Waals surface area contributed by atoms with Crippen molar-refractivity contribution in [1.29, 1.82) is 0 Å². The number of guanidine groups is 1. The summed E-state index contributed by atoms with van der Waals surface area (Å²) < 4.78 is 5.15. The van der Waals surface area contributed by atoms with E-state index in [1.165, 1.54) is 4.88 Å². The van der Waals surface area contributed by atoms with Gasteiger partial charge in [0.05, 0.1) is 20.2 Å². The van der Waals surface area contributed by atoms with E-state index >= 15 is 0 Å². The van der Waals surface area contributed by atoms with Gasteiger partial charge in [0.15, 0.2) is 5.96 Å². The van der Waals surface area contributed by atoms with Gasteiger partial charge in [0.25, 0.3) is 0 Å². The molecule has 2 rings (SSSR count). The van der Waals surface area contributed by atoms with Gasteiger partial charge in [0, 0.05) is 11.4 Å². The molecule has 0 atom stereocenters. The minimum absolute atomic E-state index is 0. The van der Waals surface area contributed by atoms with Gasteiger partial charge in [-0.25, -0.2) is 4.99 Å². The van der Waals surface area contributed by atoms with Crippen molar-refractivity contribution in [2.45, 2.75) is 20.0 Å². The molecule has 0 unspecified atom stereocenters. The van der Waals surface area contributed by atoms with Crippen molar-refractivity contribution in [3.63, 3.8) is 0 Å². The van der Waals surface area contributed by atoms with Gasteiger partial charge in [0.2, 0.25) is 0 Å². The Kier molecular flexibility index (Phi) is 8.91. The van der Waals surface area contributed by atoms with Crippen molar-refractivity contribution in [1.82, 2.24) is 10.6 Å². The van der Waals surface area contributed by atoms with E-state index in [1.807, 2.05) is 24.3 Å². The summed E-state index contributed by atoms with van der Waals surface area (Å²) in [4.78, 5) is 5.89. The van der Waals surface area contributed by atoms with E-state index in [0.29, 0.717) is 6.54 Å². The quantitative estimate of drug-likeness (QED) is 0.417. The maximum atomic E-state index is 5.15. The van der Waals surface area contributed by atoms with Crippen LogP contribution in [0.4, 0.5) is 0 Å². The Morgan fingerprint density at radius 3 is 2.55 bits per heavy atom. The number of thiophene rings is 1. The third-order valence-corrected chi connectivity index (χ3v) is 3.81. The minimum atomic E-state index is 0. The summed E-state index contributed by atoms with van der Waals surface area (Å²) in [6.07, 6.45) is 0. The van der Waals surface area contributed by atoms with Crippen LogP contribution in [-0.4, -0.2) is 19.6 Å². The van der Waals surface area contributed by atoms with Gasteiger partial charge >= 0.3 is 0 Å². The predicted octanol–water partition coefficient (Wildman–Crippen LogP) is 3.63. The van der Waals surface area contributed by atoms with Gasteiger partial charge in [-0.1, -0.05) is 18.2 Å². The average molecular weight is 431 g/mol. The van der Waals surface area contributed by atoms with Crippen LogP contribution in [0.1, 0.15) is 17.4 Å². The summed E-state index contributed by atoms with van der Waals surface area (Å²) in [5, 5.41) is 8.68. The number of methoxy groups -OCH3 is 1. The molecule has 1 aromatic heterocycles. The Balaban J connectivity index is 0.00000242. The lowest BCUT2D eigenvalue weighted by Gasteiger charge is -2.10. The van der Waals surface area contributed by atoms with Crippen molar-refractivity contribution in [3.05, 3.63) is 52.2 Å². The van der Waals surface area contributed by atoms with E-state index in [4.69, 9.17) is 4.74 Å². The maximum Gasteiger partial charge on any atom is 0.191 e. The highest BCUT2D eigenvalue weighted by Crippen LogP contribution is 2.12. The minimum Gasteiger partial charge on any atom is -0.497 e. The summed E-state index contributed by atoms with van der Waals surface area (Å²) in [7, 11) is 1.67. The number of nitrogens with one attached hydrogen (secondary N) is 2.